The molecule has 0 aliphatic heterocycles. The molecule has 1 rings (SSSR count). The fraction of sp³-hybridized carbons (Fsp3) is 0.300. The highest BCUT2D eigenvalue weighted by Gasteiger charge is 2.12. The van der Waals surface area contributed by atoms with Crippen LogP contribution < -0.4 is 4.74 Å². The first kappa shape index (κ1) is 10.7. The van der Waals surface area contributed by atoms with E-state index < -0.39 is 0 Å². The van der Waals surface area contributed by atoms with E-state index in [9.17, 15) is 4.79 Å². The zero-order valence-electron chi connectivity index (χ0n) is 7.86. The van der Waals surface area contributed by atoms with Gasteiger partial charge in [0.2, 0.25) is 0 Å². The summed E-state index contributed by atoms with van der Waals surface area (Å²) in [7, 11) is 1.42. The van der Waals surface area contributed by atoms with Gasteiger partial charge in [-0.05, 0) is 11.6 Å². The Labute approximate surface area is 81.8 Å². The number of aliphatic hydroxyl groups excluding tert-OH is 2. The fourth-order valence-corrected chi connectivity index (χ4v) is 1.34. The molecule has 0 heterocycles. The lowest BCUT2D eigenvalue weighted by molar-refractivity contribution is 0.112. The molecule has 0 spiro atoms. The number of carbonyl (C=O) groups excluding carboxylic acids is 1. The van der Waals surface area contributed by atoms with Crippen LogP contribution in [0.15, 0.2) is 12.1 Å². The molecular weight excluding hydrogens is 184 g/mol. The summed E-state index contributed by atoms with van der Waals surface area (Å²) in [5.41, 5.74) is 1.39. The van der Waals surface area contributed by atoms with Crippen molar-refractivity contribution in [1.29, 1.82) is 0 Å². The molecule has 14 heavy (non-hydrogen) atoms. The third-order valence-electron chi connectivity index (χ3n) is 2.05. The molecule has 0 bridgehead atoms. The van der Waals surface area contributed by atoms with Crippen molar-refractivity contribution in [1.82, 2.24) is 0 Å². The first-order valence-corrected chi connectivity index (χ1v) is 4.14. The molecule has 1 aromatic rings. The summed E-state index contributed by atoms with van der Waals surface area (Å²) in [5.74, 6) is 0.328. The zero-order valence-corrected chi connectivity index (χ0v) is 7.86. The molecule has 0 unspecified atom stereocenters. The predicted molar refractivity (Wildman–Crippen MR) is 50.2 cm³/mol. The molecule has 76 valence electrons. The van der Waals surface area contributed by atoms with Gasteiger partial charge >= 0.3 is 0 Å². The minimum Gasteiger partial charge on any atom is -0.496 e. The Kier molecular flexibility index (Phi) is 3.62. The van der Waals surface area contributed by atoms with Crippen molar-refractivity contribution < 1.29 is 19.7 Å². The van der Waals surface area contributed by atoms with Gasteiger partial charge < -0.3 is 14.9 Å². The molecule has 0 saturated heterocycles. The number of rotatable bonds is 4. The zero-order chi connectivity index (χ0) is 10.6. The average molecular weight is 196 g/mol. The van der Waals surface area contributed by atoms with Gasteiger partial charge in [0.1, 0.15) is 5.75 Å². The molecule has 0 aliphatic carbocycles. The van der Waals surface area contributed by atoms with Crippen LogP contribution in [0.4, 0.5) is 0 Å². The highest BCUT2D eigenvalue weighted by atomic mass is 16.5. The highest BCUT2D eigenvalue weighted by molar-refractivity contribution is 5.80. The number of methoxy groups -OCH3 is 1. The van der Waals surface area contributed by atoms with E-state index in [-0.39, 0.29) is 13.2 Å². The third-order valence-corrected chi connectivity index (χ3v) is 2.05. The Morgan fingerprint density at radius 1 is 1.36 bits per heavy atom. The second-order valence-electron chi connectivity index (χ2n) is 2.76. The predicted octanol–water partition coefficient (Wildman–Crippen LogP) is 0.492. The molecule has 0 aromatic heterocycles. The maximum Gasteiger partial charge on any atom is 0.153 e. The SMILES string of the molecule is COc1c(C=O)ccc(CO)c1CO. The van der Waals surface area contributed by atoms with E-state index in [1.807, 2.05) is 0 Å². The van der Waals surface area contributed by atoms with E-state index in [0.29, 0.717) is 28.7 Å². The second kappa shape index (κ2) is 4.74. The molecule has 0 aliphatic rings. The number of hydrogen-bond acceptors (Lipinski definition) is 4. The summed E-state index contributed by atoms with van der Waals surface area (Å²) in [6.45, 7) is -0.452. The lowest BCUT2D eigenvalue weighted by Gasteiger charge is -2.12. The number of aldehydes is 1. The van der Waals surface area contributed by atoms with Crippen molar-refractivity contribution >= 4 is 6.29 Å². The topological polar surface area (TPSA) is 66.8 Å². The Bertz CT molecular complexity index is 333. The van der Waals surface area contributed by atoms with Gasteiger partial charge in [-0.2, -0.15) is 0 Å². The van der Waals surface area contributed by atoms with Crippen LogP contribution in [-0.2, 0) is 13.2 Å². The monoisotopic (exact) mass is 196 g/mol. The molecule has 0 saturated carbocycles. The average Bonchev–Trinajstić information content (AvgIpc) is 2.26. The van der Waals surface area contributed by atoms with Crippen LogP contribution in [-0.4, -0.2) is 23.6 Å². The van der Waals surface area contributed by atoms with Crippen LogP contribution in [0.25, 0.3) is 0 Å². The van der Waals surface area contributed by atoms with Gasteiger partial charge in [-0.1, -0.05) is 6.07 Å². The fourth-order valence-electron chi connectivity index (χ4n) is 1.34. The van der Waals surface area contributed by atoms with Crippen molar-refractivity contribution in [2.24, 2.45) is 0 Å². The molecule has 0 atom stereocenters. The number of carbonyl (C=O) groups is 1. The molecule has 4 heteroatoms. The van der Waals surface area contributed by atoms with Crippen molar-refractivity contribution in [3.63, 3.8) is 0 Å². The molecule has 4 nitrogen and oxygen atoms in total. The van der Waals surface area contributed by atoms with Crippen LogP contribution in [0.5, 0.6) is 5.75 Å². The quantitative estimate of drug-likeness (QED) is 0.688. The lowest BCUT2D eigenvalue weighted by Crippen LogP contribution is -2.01. The van der Waals surface area contributed by atoms with Crippen LogP contribution in [0.3, 0.4) is 0 Å². The number of benzene rings is 1. The van der Waals surface area contributed by atoms with Crippen molar-refractivity contribution in [3.05, 3.63) is 28.8 Å². The smallest absolute Gasteiger partial charge is 0.153 e. The first-order chi connectivity index (χ1) is 6.78. The summed E-state index contributed by atoms with van der Waals surface area (Å²) in [4.78, 5) is 10.6. The largest absolute Gasteiger partial charge is 0.496 e. The first-order valence-electron chi connectivity index (χ1n) is 4.14. The summed E-state index contributed by atoms with van der Waals surface area (Å²) in [6, 6.07) is 3.15. The maximum atomic E-state index is 10.6. The Hall–Kier alpha value is -1.39. The standard InChI is InChI=1S/C10H12O4/c1-14-10-8(5-12)3-2-7(4-11)9(10)6-13/h2-3,5,11,13H,4,6H2,1H3. The van der Waals surface area contributed by atoms with Gasteiger partial charge in [0.25, 0.3) is 0 Å². The minimum atomic E-state index is -0.263. The number of ether oxygens (including phenoxy) is 1. The normalized spacial score (nSPS) is 9.93. The highest BCUT2D eigenvalue weighted by Crippen LogP contribution is 2.26. The number of hydrogen-bond donors (Lipinski definition) is 2. The Balaban J connectivity index is 3.35. The van der Waals surface area contributed by atoms with Crippen molar-refractivity contribution in [3.8, 4) is 5.75 Å². The summed E-state index contributed by atoms with van der Waals surface area (Å²) >= 11 is 0. The van der Waals surface area contributed by atoms with Crippen LogP contribution in [0.2, 0.25) is 0 Å². The van der Waals surface area contributed by atoms with Crippen LogP contribution >= 0.6 is 0 Å². The lowest BCUT2D eigenvalue weighted by atomic mass is 10.0. The summed E-state index contributed by atoms with van der Waals surface area (Å²) < 4.78 is 5.00. The van der Waals surface area contributed by atoms with Gasteiger partial charge in [0.15, 0.2) is 6.29 Å². The Morgan fingerprint density at radius 2 is 2.07 bits per heavy atom. The van der Waals surface area contributed by atoms with E-state index in [1.54, 1.807) is 12.1 Å². The Morgan fingerprint density at radius 3 is 2.50 bits per heavy atom. The molecule has 0 fully saturated rings. The minimum absolute atomic E-state index is 0.189. The van der Waals surface area contributed by atoms with Crippen LogP contribution in [0.1, 0.15) is 21.5 Å². The van der Waals surface area contributed by atoms with E-state index in [1.165, 1.54) is 7.11 Å². The molecular formula is C10H12O4. The maximum absolute atomic E-state index is 10.6. The van der Waals surface area contributed by atoms with Gasteiger partial charge in [0.05, 0.1) is 25.9 Å². The van der Waals surface area contributed by atoms with Gasteiger partial charge in [-0.3, -0.25) is 4.79 Å². The summed E-state index contributed by atoms with van der Waals surface area (Å²) in [5, 5.41) is 18.1. The molecule has 0 radical (unpaired) electrons. The van der Waals surface area contributed by atoms with Crippen LogP contribution in [0, 0.1) is 0 Å². The second-order valence-corrected chi connectivity index (χ2v) is 2.76. The summed E-state index contributed by atoms with van der Waals surface area (Å²) in [6.07, 6.45) is 0.652. The van der Waals surface area contributed by atoms with E-state index in [4.69, 9.17) is 14.9 Å². The van der Waals surface area contributed by atoms with Gasteiger partial charge in [-0.25, -0.2) is 0 Å². The van der Waals surface area contributed by atoms with E-state index in [0.717, 1.165) is 0 Å². The molecule has 0 amide bonds. The number of aliphatic hydroxyl groups is 2. The van der Waals surface area contributed by atoms with E-state index in [2.05, 4.69) is 0 Å². The van der Waals surface area contributed by atoms with Gasteiger partial charge in [0, 0.05) is 5.56 Å². The van der Waals surface area contributed by atoms with Crippen molar-refractivity contribution in [2.45, 2.75) is 13.2 Å². The molecule has 2 N–H and O–H groups in total. The molecule has 1 aromatic carbocycles. The van der Waals surface area contributed by atoms with E-state index >= 15 is 0 Å². The van der Waals surface area contributed by atoms with Crippen molar-refractivity contribution in [2.75, 3.05) is 7.11 Å². The van der Waals surface area contributed by atoms with Gasteiger partial charge in [-0.15, -0.1) is 0 Å². The third kappa shape index (κ3) is 1.76.